The van der Waals surface area contributed by atoms with E-state index in [0.29, 0.717) is 51.9 Å². The van der Waals surface area contributed by atoms with E-state index >= 15 is 0 Å². The summed E-state index contributed by atoms with van der Waals surface area (Å²) >= 11 is 0. The third-order valence-electron chi connectivity index (χ3n) is 7.29. The third-order valence-corrected chi connectivity index (χ3v) is 7.29. The summed E-state index contributed by atoms with van der Waals surface area (Å²) in [5.74, 6) is -2.08. The van der Waals surface area contributed by atoms with Gasteiger partial charge in [-0.2, -0.15) is 0 Å². The van der Waals surface area contributed by atoms with E-state index < -0.39 is 11.9 Å². The molecule has 0 aromatic carbocycles. The predicted octanol–water partition coefficient (Wildman–Crippen LogP) is 3.59. The Hall–Kier alpha value is -2.81. The van der Waals surface area contributed by atoms with Crippen LogP contribution in [0.2, 0.25) is 0 Å². The van der Waals surface area contributed by atoms with Crippen LogP contribution in [-0.2, 0) is 42.9 Å². The summed E-state index contributed by atoms with van der Waals surface area (Å²) in [6.45, 7) is 2.20. The molecule has 0 aromatic heterocycles. The molecule has 0 rings (SSSR count). The van der Waals surface area contributed by atoms with Crippen LogP contribution in [0.15, 0.2) is 0 Å². The minimum Gasteiger partial charge on any atom is -0.481 e. The molecular weight excluding hydrogens is 626 g/mol. The molecule has 280 valence electrons. The lowest BCUT2D eigenvalue weighted by Gasteiger charge is -2.09. The summed E-state index contributed by atoms with van der Waals surface area (Å²) < 4.78 is 20.6. The van der Waals surface area contributed by atoms with Crippen LogP contribution in [0.25, 0.3) is 0 Å². The Labute approximate surface area is 286 Å². The average molecular weight is 690 g/mol. The molecule has 14 heteroatoms. The highest BCUT2D eigenvalue weighted by Gasteiger charge is 2.05. The first-order chi connectivity index (χ1) is 23.3. The number of carboxylic acid groups (broad SMARTS) is 2. The Balaban J connectivity index is 3.34. The van der Waals surface area contributed by atoms with Gasteiger partial charge in [-0.1, -0.05) is 77.0 Å². The predicted molar refractivity (Wildman–Crippen MR) is 181 cm³/mol. The lowest BCUT2D eigenvalue weighted by molar-refractivity contribution is -0.143. The van der Waals surface area contributed by atoms with Crippen LogP contribution in [0, 0.1) is 0 Å². The average Bonchev–Trinajstić information content (AvgIpc) is 3.05. The summed E-state index contributed by atoms with van der Waals surface area (Å²) in [5, 5.41) is 25.3. The zero-order valence-corrected chi connectivity index (χ0v) is 29.1. The monoisotopic (exact) mass is 689 g/mol. The van der Waals surface area contributed by atoms with Gasteiger partial charge in [0.1, 0.15) is 13.2 Å². The number of rotatable bonds is 37. The molecule has 0 heterocycles. The Bertz CT molecular complexity index is 830. The van der Waals surface area contributed by atoms with Gasteiger partial charge in [-0.05, 0) is 19.3 Å². The maximum atomic E-state index is 12.0. The van der Waals surface area contributed by atoms with Crippen molar-refractivity contribution < 1.29 is 53.1 Å². The summed E-state index contributed by atoms with van der Waals surface area (Å²) in [6, 6.07) is 0. The molecule has 0 saturated carbocycles. The third kappa shape index (κ3) is 37.6. The highest BCUT2D eigenvalue weighted by Crippen LogP contribution is 2.13. The minimum atomic E-state index is -1.04. The number of ether oxygens (including phenoxy) is 4. The van der Waals surface area contributed by atoms with Gasteiger partial charge in [-0.3, -0.25) is 19.2 Å². The van der Waals surface area contributed by atoms with Crippen molar-refractivity contribution in [3.8, 4) is 0 Å². The van der Waals surface area contributed by atoms with Crippen molar-refractivity contribution in [3.05, 3.63) is 0 Å². The SMILES string of the molecule is O=C(O)CCCCCCCCCCCCCCCCC(=O)NCCCC(=O)NCCOCCOCC(=O)NCCOCCOCC(=O)O. The van der Waals surface area contributed by atoms with Gasteiger partial charge < -0.3 is 45.1 Å². The van der Waals surface area contributed by atoms with Crippen LogP contribution in [0.5, 0.6) is 0 Å². The lowest BCUT2D eigenvalue weighted by atomic mass is 10.0. The van der Waals surface area contributed by atoms with Crippen LogP contribution in [0.3, 0.4) is 0 Å². The first-order valence-corrected chi connectivity index (χ1v) is 17.9. The number of unbranched alkanes of at least 4 members (excludes halogenated alkanes) is 13. The molecule has 0 aliphatic carbocycles. The molecule has 0 aliphatic heterocycles. The van der Waals surface area contributed by atoms with Gasteiger partial charge >= 0.3 is 11.9 Å². The van der Waals surface area contributed by atoms with E-state index in [2.05, 4.69) is 16.0 Å². The molecule has 0 unspecified atom stereocenters. The summed E-state index contributed by atoms with van der Waals surface area (Å²) in [4.78, 5) is 56.4. The number of hydrogen-bond acceptors (Lipinski definition) is 9. The van der Waals surface area contributed by atoms with Crippen LogP contribution in [-0.4, -0.2) is 112 Å². The number of carbonyl (C=O) groups is 5. The zero-order valence-electron chi connectivity index (χ0n) is 29.1. The molecule has 48 heavy (non-hydrogen) atoms. The topological polar surface area (TPSA) is 199 Å². The second kappa shape index (κ2) is 35.5. The van der Waals surface area contributed by atoms with E-state index in [-0.39, 0.29) is 64.0 Å². The fourth-order valence-corrected chi connectivity index (χ4v) is 4.68. The molecule has 0 fully saturated rings. The summed E-state index contributed by atoms with van der Waals surface area (Å²) in [6.07, 6.45) is 17.8. The normalized spacial score (nSPS) is 10.9. The van der Waals surface area contributed by atoms with Gasteiger partial charge in [-0.25, -0.2) is 4.79 Å². The van der Waals surface area contributed by atoms with Crippen molar-refractivity contribution in [1.82, 2.24) is 16.0 Å². The van der Waals surface area contributed by atoms with E-state index in [4.69, 9.17) is 29.2 Å². The molecule has 0 radical (unpaired) electrons. The molecule has 0 aliphatic rings. The van der Waals surface area contributed by atoms with Gasteiger partial charge in [-0.15, -0.1) is 0 Å². The van der Waals surface area contributed by atoms with Crippen molar-refractivity contribution in [2.75, 3.05) is 72.5 Å². The smallest absolute Gasteiger partial charge is 0.329 e. The van der Waals surface area contributed by atoms with Gasteiger partial charge in [0, 0.05) is 38.9 Å². The van der Waals surface area contributed by atoms with Crippen molar-refractivity contribution >= 4 is 29.7 Å². The van der Waals surface area contributed by atoms with Crippen LogP contribution < -0.4 is 16.0 Å². The quantitative estimate of drug-likeness (QED) is 0.0598. The summed E-state index contributed by atoms with van der Waals surface area (Å²) in [5.41, 5.74) is 0. The van der Waals surface area contributed by atoms with E-state index in [1.165, 1.54) is 51.4 Å². The molecule has 0 atom stereocenters. The largest absolute Gasteiger partial charge is 0.481 e. The molecule has 0 spiro atoms. The number of amides is 3. The van der Waals surface area contributed by atoms with Gasteiger partial charge in [0.05, 0.1) is 39.6 Å². The fraction of sp³-hybridized carbons (Fsp3) is 0.853. The zero-order chi connectivity index (χ0) is 35.3. The van der Waals surface area contributed by atoms with Crippen molar-refractivity contribution in [2.45, 2.75) is 116 Å². The van der Waals surface area contributed by atoms with Gasteiger partial charge in [0.25, 0.3) is 0 Å². The number of aliphatic carboxylic acids is 2. The van der Waals surface area contributed by atoms with Gasteiger partial charge in [0.2, 0.25) is 17.7 Å². The van der Waals surface area contributed by atoms with E-state index in [0.717, 1.165) is 38.5 Å². The molecule has 0 bridgehead atoms. The second-order valence-electron chi connectivity index (χ2n) is 11.7. The Kier molecular flexibility index (Phi) is 33.4. The highest BCUT2D eigenvalue weighted by molar-refractivity contribution is 5.77. The van der Waals surface area contributed by atoms with Crippen LogP contribution in [0.4, 0.5) is 0 Å². The first kappa shape index (κ1) is 45.2. The van der Waals surface area contributed by atoms with E-state index in [1.54, 1.807) is 0 Å². The van der Waals surface area contributed by atoms with Crippen molar-refractivity contribution in [3.63, 3.8) is 0 Å². The van der Waals surface area contributed by atoms with Gasteiger partial charge in [0.15, 0.2) is 0 Å². The first-order valence-electron chi connectivity index (χ1n) is 17.9. The standard InChI is InChI=1S/C34H63N3O11/c38-30(16-13-11-9-7-5-3-1-2-4-6-8-10-12-14-18-33(41)42)35-19-15-17-31(39)36-20-22-45-24-26-47-28-32(40)37-21-23-46-25-27-48-29-34(43)44/h1-29H2,(H,35,38)(H,36,39)(H,37,40)(H,41,42)(H,43,44). The van der Waals surface area contributed by atoms with E-state index in [9.17, 15) is 24.0 Å². The molecule has 5 N–H and O–H groups in total. The second-order valence-corrected chi connectivity index (χ2v) is 11.7. The van der Waals surface area contributed by atoms with Crippen molar-refractivity contribution in [2.24, 2.45) is 0 Å². The summed E-state index contributed by atoms with van der Waals surface area (Å²) in [7, 11) is 0. The number of carboxylic acids is 2. The number of carbonyl (C=O) groups excluding carboxylic acids is 3. The Morgan fingerprint density at radius 3 is 1.21 bits per heavy atom. The molecular formula is C34H63N3O11. The Morgan fingerprint density at radius 1 is 0.354 bits per heavy atom. The van der Waals surface area contributed by atoms with E-state index in [1.807, 2.05) is 0 Å². The number of nitrogens with one attached hydrogen (secondary N) is 3. The highest BCUT2D eigenvalue weighted by atomic mass is 16.5. The molecule has 0 saturated heterocycles. The van der Waals surface area contributed by atoms with Crippen molar-refractivity contribution in [1.29, 1.82) is 0 Å². The lowest BCUT2D eigenvalue weighted by Crippen LogP contribution is -2.31. The van der Waals surface area contributed by atoms with Crippen LogP contribution >= 0.6 is 0 Å². The molecule has 0 aromatic rings. The van der Waals surface area contributed by atoms with Crippen LogP contribution in [0.1, 0.15) is 116 Å². The Morgan fingerprint density at radius 2 is 0.729 bits per heavy atom. The maximum Gasteiger partial charge on any atom is 0.329 e. The minimum absolute atomic E-state index is 0.0386. The number of hydrogen-bond donors (Lipinski definition) is 5. The molecule has 14 nitrogen and oxygen atoms in total. The molecule has 3 amide bonds. The maximum absolute atomic E-state index is 12.0. The fourth-order valence-electron chi connectivity index (χ4n) is 4.68.